The molecule has 0 saturated carbocycles. The Morgan fingerprint density at radius 1 is 1.20 bits per heavy atom. The van der Waals surface area contributed by atoms with Gasteiger partial charge in [0.2, 0.25) is 0 Å². The molecular formula is C23H24N2O3S2. The number of hydrogen-bond donors (Lipinski definition) is 1. The Hall–Kier alpha value is -2.64. The molecule has 0 aliphatic carbocycles. The minimum atomic E-state index is -0.219. The average Bonchev–Trinajstić information content (AvgIpc) is 2.96. The number of carbonyl (C=O) groups excluding carboxylic acids is 2. The molecule has 3 rings (SSSR count). The van der Waals surface area contributed by atoms with E-state index in [2.05, 4.69) is 5.32 Å². The summed E-state index contributed by atoms with van der Waals surface area (Å²) in [6.45, 7) is 7.76. The van der Waals surface area contributed by atoms with Gasteiger partial charge in [0, 0.05) is 11.7 Å². The number of ether oxygens (including phenoxy) is 1. The van der Waals surface area contributed by atoms with Crippen molar-refractivity contribution < 1.29 is 14.3 Å². The van der Waals surface area contributed by atoms with Crippen LogP contribution in [0.25, 0.3) is 6.08 Å². The van der Waals surface area contributed by atoms with Crippen molar-refractivity contribution in [2.75, 3.05) is 11.9 Å². The normalized spacial score (nSPS) is 15.2. The molecule has 5 nitrogen and oxygen atoms in total. The number of hydrogen-bond acceptors (Lipinski definition) is 5. The highest BCUT2D eigenvalue weighted by atomic mass is 32.2. The molecule has 156 valence electrons. The molecule has 0 unspecified atom stereocenters. The molecule has 2 aromatic rings. The van der Waals surface area contributed by atoms with Crippen molar-refractivity contribution in [3.8, 4) is 5.75 Å². The second-order valence-electron chi connectivity index (χ2n) is 7.37. The zero-order valence-electron chi connectivity index (χ0n) is 17.4. The molecule has 1 aliphatic rings. The van der Waals surface area contributed by atoms with Crippen LogP contribution in [0.3, 0.4) is 0 Å². The molecule has 1 heterocycles. The van der Waals surface area contributed by atoms with E-state index in [0.29, 0.717) is 15.0 Å². The number of benzene rings is 2. The van der Waals surface area contributed by atoms with Gasteiger partial charge in [0.1, 0.15) is 10.1 Å². The van der Waals surface area contributed by atoms with Gasteiger partial charge in [0.15, 0.2) is 6.61 Å². The Bertz CT molecular complexity index is 1010. The van der Waals surface area contributed by atoms with E-state index in [1.54, 1.807) is 17.0 Å². The molecular weight excluding hydrogens is 416 g/mol. The first-order chi connectivity index (χ1) is 14.2. The lowest BCUT2D eigenvalue weighted by Gasteiger charge is -2.18. The van der Waals surface area contributed by atoms with Crippen molar-refractivity contribution in [2.45, 2.75) is 33.7 Å². The molecule has 1 N–H and O–H groups in total. The fourth-order valence-corrected chi connectivity index (χ4v) is 4.55. The molecule has 2 aromatic carbocycles. The summed E-state index contributed by atoms with van der Waals surface area (Å²) < 4.78 is 6.16. The maximum absolute atomic E-state index is 12.5. The van der Waals surface area contributed by atoms with Crippen LogP contribution in [0.5, 0.6) is 5.75 Å². The van der Waals surface area contributed by atoms with E-state index in [1.165, 1.54) is 11.8 Å². The van der Waals surface area contributed by atoms with Crippen molar-refractivity contribution in [2.24, 2.45) is 0 Å². The molecule has 0 atom stereocenters. The van der Waals surface area contributed by atoms with Gasteiger partial charge in [0.25, 0.3) is 11.8 Å². The van der Waals surface area contributed by atoms with Crippen molar-refractivity contribution in [3.05, 3.63) is 64.1 Å². The van der Waals surface area contributed by atoms with Crippen molar-refractivity contribution in [3.63, 3.8) is 0 Å². The Kier molecular flexibility index (Phi) is 6.95. The van der Waals surface area contributed by atoms with E-state index in [1.807, 2.05) is 64.1 Å². The molecule has 30 heavy (non-hydrogen) atoms. The fraction of sp³-hybridized carbons (Fsp3) is 0.261. The molecule has 1 aliphatic heterocycles. The van der Waals surface area contributed by atoms with Crippen LogP contribution in [0.2, 0.25) is 0 Å². The summed E-state index contributed by atoms with van der Waals surface area (Å²) in [7, 11) is 0. The Morgan fingerprint density at radius 3 is 2.50 bits per heavy atom. The second-order valence-corrected chi connectivity index (χ2v) is 9.05. The van der Waals surface area contributed by atoms with Gasteiger partial charge in [-0.05, 0) is 63.1 Å². The van der Waals surface area contributed by atoms with Crippen molar-refractivity contribution in [1.82, 2.24) is 4.90 Å². The Balaban J connectivity index is 1.58. The van der Waals surface area contributed by atoms with Crippen LogP contribution >= 0.6 is 24.0 Å². The smallest absolute Gasteiger partial charge is 0.266 e. The van der Waals surface area contributed by atoms with Gasteiger partial charge in [-0.3, -0.25) is 14.5 Å². The number of thioether (sulfide) groups is 1. The van der Waals surface area contributed by atoms with Crippen LogP contribution < -0.4 is 10.1 Å². The van der Waals surface area contributed by atoms with E-state index < -0.39 is 0 Å². The van der Waals surface area contributed by atoms with Crippen LogP contribution in [-0.2, 0) is 9.59 Å². The lowest BCUT2D eigenvalue weighted by atomic mass is 10.1. The predicted molar refractivity (Wildman–Crippen MR) is 127 cm³/mol. The lowest BCUT2D eigenvalue weighted by molar-refractivity contribution is -0.123. The van der Waals surface area contributed by atoms with Gasteiger partial charge in [-0.2, -0.15) is 0 Å². The van der Waals surface area contributed by atoms with Crippen molar-refractivity contribution in [1.29, 1.82) is 0 Å². The summed E-state index contributed by atoms with van der Waals surface area (Å²) in [6, 6.07) is 13.1. The average molecular weight is 441 g/mol. The van der Waals surface area contributed by atoms with Gasteiger partial charge >= 0.3 is 0 Å². The third kappa shape index (κ3) is 5.29. The molecule has 1 saturated heterocycles. The molecule has 2 amide bonds. The fourth-order valence-electron chi connectivity index (χ4n) is 3.03. The third-order valence-corrected chi connectivity index (χ3v) is 5.87. The summed E-state index contributed by atoms with van der Waals surface area (Å²) >= 11 is 6.61. The van der Waals surface area contributed by atoms with Gasteiger partial charge in [-0.15, -0.1) is 0 Å². The third-order valence-electron chi connectivity index (χ3n) is 4.54. The molecule has 0 bridgehead atoms. The van der Waals surface area contributed by atoms with Crippen LogP contribution in [0.4, 0.5) is 5.69 Å². The van der Waals surface area contributed by atoms with Crippen LogP contribution in [0.15, 0.2) is 47.4 Å². The molecule has 0 spiro atoms. The Morgan fingerprint density at radius 2 is 1.90 bits per heavy atom. The van der Waals surface area contributed by atoms with Crippen LogP contribution in [0.1, 0.15) is 30.5 Å². The highest BCUT2D eigenvalue weighted by Crippen LogP contribution is 2.34. The molecule has 0 radical (unpaired) electrons. The first-order valence-electron chi connectivity index (χ1n) is 9.61. The van der Waals surface area contributed by atoms with E-state index >= 15 is 0 Å². The predicted octanol–water partition coefficient (Wildman–Crippen LogP) is 4.93. The minimum Gasteiger partial charge on any atom is -0.484 e. The van der Waals surface area contributed by atoms with E-state index in [-0.39, 0.29) is 24.5 Å². The zero-order chi connectivity index (χ0) is 21.8. The number of aryl methyl sites for hydroxylation is 2. The monoisotopic (exact) mass is 440 g/mol. The zero-order valence-corrected chi connectivity index (χ0v) is 19.0. The molecule has 0 aromatic heterocycles. The maximum Gasteiger partial charge on any atom is 0.266 e. The summed E-state index contributed by atoms with van der Waals surface area (Å²) in [5.41, 5.74) is 3.80. The summed E-state index contributed by atoms with van der Waals surface area (Å²) in [5, 5.41) is 2.86. The lowest BCUT2D eigenvalue weighted by Crippen LogP contribution is -2.34. The van der Waals surface area contributed by atoms with E-state index in [4.69, 9.17) is 17.0 Å². The number of nitrogens with zero attached hydrogens (tertiary/aromatic N) is 1. The van der Waals surface area contributed by atoms with Crippen LogP contribution in [-0.4, -0.2) is 33.7 Å². The van der Waals surface area contributed by atoms with Gasteiger partial charge < -0.3 is 10.1 Å². The highest BCUT2D eigenvalue weighted by molar-refractivity contribution is 8.26. The van der Waals surface area contributed by atoms with E-state index in [9.17, 15) is 9.59 Å². The first-order valence-corrected chi connectivity index (χ1v) is 10.8. The minimum absolute atomic E-state index is 0.0361. The standard InChI is InChI=1S/C23H24N2O3S2/c1-14(2)25-22(27)20(30-23(25)29)12-17-6-8-18(9-7-17)28-13-21(26)24-19-10-5-15(3)11-16(19)4/h5-12,14H,13H2,1-4H3,(H,24,26)/b20-12-. The summed E-state index contributed by atoms with van der Waals surface area (Å²) in [5.74, 6) is 0.296. The Labute approximate surface area is 186 Å². The highest BCUT2D eigenvalue weighted by Gasteiger charge is 2.33. The summed E-state index contributed by atoms with van der Waals surface area (Å²) in [6.07, 6.45) is 1.82. The van der Waals surface area contributed by atoms with Gasteiger partial charge in [-0.25, -0.2) is 0 Å². The SMILES string of the molecule is Cc1ccc(NC(=O)COc2ccc(/C=C3\SC(=S)N(C(C)C)C3=O)cc2)c(C)c1. The van der Waals surface area contributed by atoms with Gasteiger partial charge in [-0.1, -0.05) is 53.8 Å². The number of thiocarbonyl (C=S) groups is 1. The largest absolute Gasteiger partial charge is 0.484 e. The molecule has 1 fully saturated rings. The number of anilines is 1. The maximum atomic E-state index is 12.5. The van der Waals surface area contributed by atoms with Gasteiger partial charge in [0.05, 0.1) is 4.91 Å². The molecule has 7 heteroatoms. The van der Waals surface area contributed by atoms with Crippen molar-refractivity contribution >= 4 is 51.9 Å². The number of carbonyl (C=O) groups is 2. The summed E-state index contributed by atoms with van der Waals surface area (Å²) in [4.78, 5) is 26.9. The quantitative estimate of drug-likeness (QED) is 0.510. The number of amides is 2. The number of nitrogens with one attached hydrogen (secondary N) is 1. The number of rotatable bonds is 6. The second kappa shape index (κ2) is 9.45. The first kappa shape index (κ1) is 22.1. The van der Waals surface area contributed by atoms with Crippen LogP contribution in [0, 0.1) is 13.8 Å². The topological polar surface area (TPSA) is 58.6 Å². The van der Waals surface area contributed by atoms with E-state index in [0.717, 1.165) is 22.4 Å².